The Labute approximate surface area is 204 Å². The molecule has 192 valence electrons. The second-order valence-corrected chi connectivity index (χ2v) is 9.69. The van der Waals surface area contributed by atoms with E-state index >= 15 is 0 Å². The second-order valence-electron chi connectivity index (χ2n) is 7.79. The maximum absolute atomic E-state index is 14.9. The Bertz CT molecular complexity index is 1330. The van der Waals surface area contributed by atoms with Crippen LogP contribution in [0.1, 0.15) is 19.3 Å². The number of nitrogens with zero attached hydrogens (tertiary/aromatic N) is 3. The zero-order valence-corrected chi connectivity index (χ0v) is 19.6. The summed E-state index contributed by atoms with van der Waals surface area (Å²) < 4.78 is 74.5. The molecule has 2 aromatic carbocycles. The quantitative estimate of drug-likeness (QED) is 0.484. The van der Waals surface area contributed by atoms with Gasteiger partial charge in [0.25, 0.3) is 0 Å². The van der Waals surface area contributed by atoms with Gasteiger partial charge in [-0.15, -0.1) is 0 Å². The minimum absolute atomic E-state index is 0.114. The maximum Gasteiger partial charge on any atom is 0.490 e. The summed E-state index contributed by atoms with van der Waals surface area (Å²) in [7, 11) is -3.64. The summed E-state index contributed by atoms with van der Waals surface area (Å²) in [5.74, 6) is -3.13. The highest BCUT2D eigenvalue weighted by atomic mass is 32.2. The first-order valence-corrected chi connectivity index (χ1v) is 12.1. The number of rotatable bonds is 4. The van der Waals surface area contributed by atoms with E-state index in [1.807, 2.05) is 0 Å². The Balaban J connectivity index is 0.000000454. The topological polar surface area (TPSA) is 126 Å². The van der Waals surface area contributed by atoms with E-state index in [1.165, 1.54) is 22.8 Å². The van der Waals surface area contributed by atoms with Crippen molar-refractivity contribution in [3.8, 4) is 22.3 Å². The van der Waals surface area contributed by atoms with E-state index in [0.29, 0.717) is 35.3 Å². The summed E-state index contributed by atoms with van der Waals surface area (Å²) in [4.78, 5) is 16.9. The number of benzene rings is 2. The fraction of sp³-hybridized carbons (Fsp3) is 0.261. The summed E-state index contributed by atoms with van der Waals surface area (Å²) >= 11 is 0. The molecule has 1 aliphatic rings. The first kappa shape index (κ1) is 27.0. The lowest BCUT2D eigenvalue weighted by atomic mass is 10.0. The minimum atomic E-state index is -5.08. The number of carboxylic acids is 1. The Kier molecular flexibility index (Phi) is 8.25. The molecule has 1 fully saturated rings. The summed E-state index contributed by atoms with van der Waals surface area (Å²) in [6, 6.07) is 11.4. The second kappa shape index (κ2) is 11.0. The Morgan fingerprint density at radius 3 is 2.08 bits per heavy atom. The fourth-order valence-electron chi connectivity index (χ4n) is 3.57. The van der Waals surface area contributed by atoms with Crippen LogP contribution < -0.4 is 5.73 Å². The number of sulfonamides is 1. The van der Waals surface area contributed by atoms with Crippen LogP contribution >= 0.6 is 0 Å². The molecule has 36 heavy (non-hydrogen) atoms. The molecule has 0 atom stereocenters. The molecule has 1 aliphatic heterocycles. The zero-order valence-electron chi connectivity index (χ0n) is 18.7. The van der Waals surface area contributed by atoms with Gasteiger partial charge in [-0.05, 0) is 30.5 Å². The van der Waals surface area contributed by atoms with Crippen LogP contribution in [-0.2, 0) is 14.8 Å². The maximum atomic E-state index is 14.9. The predicted octanol–water partition coefficient (Wildman–Crippen LogP) is 4.34. The lowest BCUT2D eigenvalue weighted by molar-refractivity contribution is -0.192. The molecule has 0 radical (unpaired) electrons. The van der Waals surface area contributed by atoms with E-state index in [9.17, 15) is 26.0 Å². The number of hydrogen-bond donors (Lipinski definition) is 2. The molecule has 1 aromatic heterocycles. The highest BCUT2D eigenvalue weighted by Crippen LogP contribution is 2.33. The number of nitrogen functional groups attached to an aromatic ring is 1. The van der Waals surface area contributed by atoms with Crippen molar-refractivity contribution in [3.63, 3.8) is 0 Å². The minimum Gasteiger partial charge on any atom is -0.475 e. The number of aliphatic carboxylic acids is 1. The molecular formula is C23H22F4N4O4S. The number of hydrogen-bond acceptors (Lipinski definition) is 6. The number of anilines is 1. The molecule has 0 spiro atoms. The van der Waals surface area contributed by atoms with Crippen LogP contribution in [0.5, 0.6) is 0 Å². The van der Waals surface area contributed by atoms with Gasteiger partial charge in [-0.3, -0.25) is 0 Å². The van der Waals surface area contributed by atoms with Crippen LogP contribution in [0.25, 0.3) is 22.3 Å². The molecule has 0 bridgehead atoms. The van der Waals surface area contributed by atoms with Crippen molar-refractivity contribution in [1.82, 2.24) is 14.3 Å². The van der Waals surface area contributed by atoms with Crippen LogP contribution in [-0.4, -0.2) is 53.0 Å². The first-order chi connectivity index (χ1) is 16.9. The van der Waals surface area contributed by atoms with E-state index in [1.54, 1.807) is 36.4 Å². The van der Waals surface area contributed by atoms with Gasteiger partial charge in [0.15, 0.2) is 0 Å². The van der Waals surface area contributed by atoms with Crippen molar-refractivity contribution in [2.45, 2.75) is 30.3 Å². The third-order valence-corrected chi connectivity index (χ3v) is 7.28. The lowest BCUT2D eigenvalue weighted by Crippen LogP contribution is -2.35. The number of carbonyl (C=O) groups is 1. The summed E-state index contributed by atoms with van der Waals surface area (Å²) in [6.07, 6.45) is 0.572. The molecule has 0 amide bonds. The highest BCUT2D eigenvalue weighted by molar-refractivity contribution is 7.89. The molecule has 0 aliphatic carbocycles. The Morgan fingerprint density at radius 1 is 0.944 bits per heavy atom. The van der Waals surface area contributed by atoms with Crippen LogP contribution in [0.4, 0.5) is 23.5 Å². The molecule has 4 rings (SSSR count). The normalized spacial score (nSPS) is 14.6. The summed E-state index contributed by atoms with van der Waals surface area (Å²) in [6.45, 7) is 1.03. The number of aromatic nitrogens is 2. The average molecular weight is 527 g/mol. The van der Waals surface area contributed by atoms with Gasteiger partial charge in [0.05, 0.1) is 4.90 Å². The summed E-state index contributed by atoms with van der Waals surface area (Å²) in [5, 5.41) is 7.12. The third kappa shape index (κ3) is 6.34. The van der Waals surface area contributed by atoms with Crippen molar-refractivity contribution >= 4 is 21.9 Å². The van der Waals surface area contributed by atoms with Gasteiger partial charge in [0.1, 0.15) is 5.82 Å². The van der Waals surface area contributed by atoms with E-state index in [0.717, 1.165) is 19.3 Å². The third-order valence-electron chi connectivity index (χ3n) is 5.33. The van der Waals surface area contributed by atoms with E-state index in [-0.39, 0.29) is 10.8 Å². The van der Waals surface area contributed by atoms with Gasteiger partial charge in [0, 0.05) is 42.2 Å². The Morgan fingerprint density at radius 2 is 1.53 bits per heavy atom. The van der Waals surface area contributed by atoms with Crippen molar-refractivity contribution in [1.29, 1.82) is 0 Å². The average Bonchev–Trinajstić information content (AvgIpc) is 2.85. The van der Waals surface area contributed by atoms with Gasteiger partial charge in [0.2, 0.25) is 16.0 Å². The molecule has 0 unspecified atom stereocenters. The summed E-state index contributed by atoms with van der Waals surface area (Å²) in [5.41, 5.74) is 7.29. The molecule has 3 aromatic rings. The molecule has 13 heteroatoms. The standard InChI is InChI=1S/C21H21FN4O2S.C2HF3O2/c22-19-12-15(8-9-17(19)16-13-24-21(23)25-14-16)18-6-2-3-7-20(18)29(27,28)26-10-4-1-5-11-26;3-2(4,5)1(6)7/h2-3,6-9,12-14H,1,4-5,10-11H2,(H2,23,24,25);(H,6,7). The number of carboxylic acid groups (broad SMARTS) is 1. The highest BCUT2D eigenvalue weighted by Gasteiger charge is 2.38. The lowest BCUT2D eigenvalue weighted by Gasteiger charge is -2.27. The largest absolute Gasteiger partial charge is 0.490 e. The van der Waals surface area contributed by atoms with Gasteiger partial charge in [-0.25, -0.2) is 27.6 Å². The van der Waals surface area contributed by atoms with Crippen molar-refractivity contribution in [3.05, 3.63) is 60.7 Å². The fourth-order valence-corrected chi connectivity index (χ4v) is 5.30. The molecule has 8 nitrogen and oxygen atoms in total. The first-order valence-electron chi connectivity index (χ1n) is 10.7. The van der Waals surface area contributed by atoms with Crippen molar-refractivity contribution in [2.24, 2.45) is 0 Å². The predicted molar refractivity (Wildman–Crippen MR) is 124 cm³/mol. The van der Waals surface area contributed by atoms with Crippen molar-refractivity contribution < 1.29 is 35.9 Å². The van der Waals surface area contributed by atoms with E-state index < -0.39 is 28.0 Å². The number of alkyl halides is 3. The molecular weight excluding hydrogens is 504 g/mol. The van der Waals surface area contributed by atoms with E-state index in [2.05, 4.69) is 9.97 Å². The number of halogens is 4. The Hall–Kier alpha value is -3.58. The van der Waals surface area contributed by atoms with Gasteiger partial charge in [-0.1, -0.05) is 36.8 Å². The molecule has 1 saturated heterocycles. The smallest absolute Gasteiger partial charge is 0.475 e. The van der Waals surface area contributed by atoms with Gasteiger partial charge in [-0.2, -0.15) is 17.5 Å². The van der Waals surface area contributed by atoms with Crippen LogP contribution in [0, 0.1) is 5.82 Å². The monoisotopic (exact) mass is 526 g/mol. The number of nitrogens with two attached hydrogens (primary N) is 1. The van der Waals surface area contributed by atoms with Crippen molar-refractivity contribution in [2.75, 3.05) is 18.8 Å². The van der Waals surface area contributed by atoms with Crippen LogP contribution in [0.2, 0.25) is 0 Å². The molecule has 2 heterocycles. The molecule has 0 saturated carbocycles. The number of piperidine rings is 1. The van der Waals surface area contributed by atoms with Gasteiger partial charge < -0.3 is 10.8 Å². The van der Waals surface area contributed by atoms with Crippen LogP contribution in [0.3, 0.4) is 0 Å². The molecule has 3 N–H and O–H groups in total. The van der Waals surface area contributed by atoms with Crippen LogP contribution in [0.15, 0.2) is 59.8 Å². The van der Waals surface area contributed by atoms with E-state index in [4.69, 9.17) is 15.6 Å². The van der Waals surface area contributed by atoms with Gasteiger partial charge >= 0.3 is 12.1 Å². The zero-order chi connectivity index (χ0) is 26.5. The SMILES string of the molecule is Nc1ncc(-c2ccc(-c3ccccc3S(=O)(=O)N3CCCCC3)cc2F)cn1.O=C(O)C(F)(F)F.